The number of nitrogens with zero attached hydrogens (tertiary/aromatic N) is 2. The summed E-state index contributed by atoms with van der Waals surface area (Å²) >= 11 is 11.8. The Hall–Kier alpha value is -1.26. The molecule has 4 nitrogen and oxygen atoms in total. The third-order valence-electron chi connectivity index (χ3n) is 2.32. The van der Waals surface area contributed by atoms with Crippen molar-refractivity contribution in [2.75, 3.05) is 14.2 Å². The molecule has 2 aromatic rings. The molecule has 90 valence electrons. The van der Waals surface area contributed by atoms with E-state index in [1.165, 1.54) is 0 Å². The molecule has 0 saturated carbocycles. The summed E-state index contributed by atoms with van der Waals surface area (Å²) in [6, 6.07) is 3.49. The van der Waals surface area contributed by atoms with Crippen LogP contribution in [-0.4, -0.2) is 24.2 Å². The summed E-state index contributed by atoms with van der Waals surface area (Å²) in [6.07, 6.45) is 0. The van der Waals surface area contributed by atoms with E-state index in [-0.39, 0.29) is 5.88 Å². The maximum Gasteiger partial charge on any atom is 0.162 e. The van der Waals surface area contributed by atoms with Crippen LogP contribution >= 0.6 is 23.2 Å². The fourth-order valence-electron chi connectivity index (χ4n) is 1.52. The second-order valence-electron chi connectivity index (χ2n) is 3.29. The number of aromatic nitrogens is 2. The molecule has 1 aromatic carbocycles. The number of hydrogen-bond acceptors (Lipinski definition) is 4. The van der Waals surface area contributed by atoms with Crippen molar-refractivity contribution in [3.05, 3.63) is 23.1 Å². The first-order valence-corrected chi connectivity index (χ1v) is 5.75. The van der Waals surface area contributed by atoms with Gasteiger partial charge in [-0.25, -0.2) is 9.97 Å². The molecule has 1 heterocycles. The summed E-state index contributed by atoms with van der Waals surface area (Å²) in [5.74, 6) is 1.88. The number of benzene rings is 1. The average Bonchev–Trinajstić information content (AvgIpc) is 2.36. The topological polar surface area (TPSA) is 44.2 Å². The molecule has 17 heavy (non-hydrogen) atoms. The van der Waals surface area contributed by atoms with Crippen molar-refractivity contribution in [2.45, 2.75) is 5.88 Å². The minimum atomic E-state index is 0.212. The Labute approximate surface area is 108 Å². The van der Waals surface area contributed by atoms with Gasteiger partial charge in [-0.2, -0.15) is 0 Å². The van der Waals surface area contributed by atoms with Crippen molar-refractivity contribution in [3.63, 3.8) is 0 Å². The molecule has 0 aliphatic heterocycles. The molecule has 2 rings (SSSR count). The molecule has 0 spiro atoms. The van der Waals surface area contributed by atoms with Crippen LogP contribution < -0.4 is 9.47 Å². The van der Waals surface area contributed by atoms with Crippen LogP contribution in [0.5, 0.6) is 11.5 Å². The molecule has 1 aromatic heterocycles. The molecule has 0 fully saturated rings. The highest BCUT2D eigenvalue weighted by molar-refractivity contribution is 6.34. The lowest BCUT2D eigenvalue weighted by molar-refractivity contribution is 0.356. The average molecular weight is 273 g/mol. The maximum atomic E-state index is 6.06. The number of rotatable bonds is 3. The Bertz CT molecular complexity index is 561. The Kier molecular flexibility index (Phi) is 3.54. The van der Waals surface area contributed by atoms with E-state index in [0.717, 1.165) is 0 Å². The van der Waals surface area contributed by atoms with E-state index in [4.69, 9.17) is 32.7 Å². The van der Waals surface area contributed by atoms with Gasteiger partial charge in [-0.05, 0) is 6.07 Å². The molecule has 0 amide bonds. The smallest absolute Gasteiger partial charge is 0.162 e. The van der Waals surface area contributed by atoms with E-state index in [0.29, 0.717) is 33.4 Å². The fourth-order valence-corrected chi connectivity index (χ4v) is 1.89. The predicted octanol–water partition coefficient (Wildman–Crippen LogP) is 3.04. The Morgan fingerprint density at radius 1 is 1.12 bits per heavy atom. The van der Waals surface area contributed by atoms with Crippen molar-refractivity contribution >= 4 is 34.1 Å². The van der Waals surface area contributed by atoms with Crippen LogP contribution in [0, 0.1) is 0 Å². The minimum Gasteiger partial charge on any atom is -0.493 e. The first kappa shape index (κ1) is 12.2. The van der Waals surface area contributed by atoms with E-state index in [1.807, 2.05) is 0 Å². The first-order chi connectivity index (χ1) is 8.19. The Balaban J connectivity index is 2.73. The van der Waals surface area contributed by atoms with Gasteiger partial charge in [0.25, 0.3) is 0 Å². The van der Waals surface area contributed by atoms with E-state index in [9.17, 15) is 0 Å². The molecule has 0 saturated heterocycles. The van der Waals surface area contributed by atoms with Gasteiger partial charge in [0.1, 0.15) is 11.0 Å². The lowest BCUT2D eigenvalue weighted by Gasteiger charge is -2.09. The normalized spacial score (nSPS) is 10.6. The zero-order chi connectivity index (χ0) is 12.4. The molecular formula is C11H10Cl2N2O2. The lowest BCUT2D eigenvalue weighted by Crippen LogP contribution is -1.96. The second-order valence-corrected chi connectivity index (χ2v) is 3.91. The number of hydrogen-bond donors (Lipinski definition) is 0. The molecule has 6 heteroatoms. The number of fused-ring (bicyclic) bond motifs is 1. The van der Waals surface area contributed by atoms with Gasteiger partial charge in [-0.1, -0.05) is 11.6 Å². The van der Waals surface area contributed by atoms with Crippen LogP contribution in [0.3, 0.4) is 0 Å². The highest BCUT2D eigenvalue weighted by atomic mass is 35.5. The van der Waals surface area contributed by atoms with Gasteiger partial charge in [-0.15, -0.1) is 11.6 Å². The lowest BCUT2D eigenvalue weighted by atomic mass is 10.2. The first-order valence-electron chi connectivity index (χ1n) is 4.83. The summed E-state index contributed by atoms with van der Waals surface area (Å²) < 4.78 is 10.4. The number of ether oxygens (including phenoxy) is 2. The van der Waals surface area contributed by atoms with Crippen molar-refractivity contribution < 1.29 is 9.47 Å². The molecule has 0 radical (unpaired) electrons. The van der Waals surface area contributed by atoms with Crippen LogP contribution in [0.4, 0.5) is 0 Å². The number of halogens is 2. The number of alkyl halides is 1. The van der Waals surface area contributed by atoms with Gasteiger partial charge in [0.15, 0.2) is 11.5 Å². The van der Waals surface area contributed by atoms with Crippen molar-refractivity contribution in [1.82, 2.24) is 9.97 Å². The van der Waals surface area contributed by atoms with Gasteiger partial charge in [0.2, 0.25) is 0 Å². The largest absolute Gasteiger partial charge is 0.493 e. The summed E-state index contributed by atoms with van der Waals surface area (Å²) in [6.45, 7) is 0. The standard InChI is InChI=1S/C11H10Cl2N2O2/c1-16-8-3-6-7(4-9(8)17-2)14-10(5-12)15-11(6)13/h3-4H,5H2,1-2H3. The van der Waals surface area contributed by atoms with Crippen LogP contribution in [0.25, 0.3) is 10.9 Å². The minimum absolute atomic E-state index is 0.212. The van der Waals surface area contributed by atoms with Gasteiger partial charge in [-0.3, -0.25) is 0 Å². The monoisotopic (exact) mass is 272 g/mol. The highest BCUT2D eigenvalue weighted by Gasteiger charge is 2.11. The van der Waals surface area contributed by atoms with E-state index in [2.05, 4.69) is 9.97 Å². The predicted molar refractivity (Wildman–Crippen MR) is 67.2 cm³/mol. The molecular weight excluding hydrogens is 263 g/mol. The van der Waals surface area contributed by atoms with Crippen LogP contribution in [0.2, 0.25) is 5.15 Å². The summed E-state index contributed by atoms with van der Waals surface area (Å²) in [7, 11) is 3.13. The molecule has 0 unspecified atom stereocenters. The van der Waals surface area contributed by atoms with Crippen LogP contribution in [-0.2, 0) is 5.88 Å². The fraction of sp³-hybridized carbons (Fsp3) is 0.273. The maximum absolute atomic E-state index is 6.06. The molecule has 0 atom stereocenters. The Morgan fingerprint density at radius 2 is 1.76 bits per heavy atom. The van der Waals surface area contributed by atoms with E-state index < -0.39 is 0 Å². The second kappa shape index (κ2) is 4.94. The van der Waals surface area contributed by atoms with E-state index >= 15 is 0 Å². The molecule has 0 N–H and O–H groups in total. The zero-order valence-corrected chi connectivity index (χ0v) is 10.8. The quantitative estimate of drug-likeness (QED) is 0.637. The highest BCUT2D eigenvalue weighted by Crippen LogP contribution is 2.33. The summed E-state index contributed by atoms with van der Waals surface area (Å²) in [5, 5.41) is 1.06. The summed E-state index contributed by atoms with van der Waals surface area (Å²) in [4.78, 5) is 8.35. The molecule has 0 aliphatic carbocycles. The number of methoxy groups -OCH3 is 2. The van der Waals surface area contributed by atoms with Crippen molar-refractivity contribution in [1.29, 1.82) is 0 Å². The SMILES string of the molecule is COc1cc2nc(CCl)nc(Cl)c2cc1OC. The summed E-state index contributed by atoms with van der Waals surface area (Å²) in [5.41, 5.74) is 0.679. The third kappa shape index (κ3) is 2.23. The van der Waals surface area contributed by atoms with Crippen LogP contribution in [0.1, 0.15) is 5.82 Å². The zero-order valence-electron chi connectivity index (χ0n) is 9.33. The van der Waals surface area contributed by atoms with Gasteiger partial charge in [0.05, 0.1) is 25.6 Å². The van der Waals surface area contributed by atoms with Crippen LogP contribution in [0.15, 0.2) is 12.1 Å². The third-order valence-corrected chi connectivity index (χ3v) is 2.85. The van der Waals surface area contributed by atoms with E-state index in [1.54, 1.807) is 26.4 Å². The van der Waals surface area contributed by atoms with Gasteiger partial charge >= 0.3 is 0 Å². The van der Waals surface area contributed by atoms with Gasteiger partial charge in [0, 0.05) is 11.5 Å². The van der Waals surface area contributed by atoms with Crippen molar-refractivity contribution in [2.24, 2.45) is 0 Å². The molecule has 0 aliphatic rings. The van der Waals surface area contributed by atoms with Crippen molar-refractivity contribution in [3.8, 4) is 11.5 Å². The molecule has 0 bridgehead atoms. The Morgan fingerprint density at radius 3 is 2.35 bits per heavy atom. The van der Waals surface area contributed by atoms with Gasteiger partial charge < -0.3 is 9.47 Å².